The van der Waals surface area contributed by atoms with E-state index < -0.39 is 48.4 Å². The van der Waals surface area contributed by atoms with E-state index in [4.69, 9.17) is 4.74 Å². The van der Waals surface area contributed by atoms with Crippen molar-refractivity contribution in [3.8, 4) is 0 Å². The molecule has 5 amide bonds. The van der Waals surface area contributed by atoms with Crippen molar-refractivity contribution >= 4 is 29.7 Å². The molecule has 1 aromatic rings. The zero-order valence-electron chi connectivity index (χ0n) is 14.0. The van der Waals surface area contributed by atoms with Crippen LogP contribution in [0.4, 0.5) is 4.79 Å². The number of esters is 1. The van der Waals surface area contributed by atoms with Gasteiger partial charge in [0.2, 0.25) is 0 Å². The molecule has 1 aliphatic heterocycles. The van der Waals surface area contributed by atoms with Crippen molar-refractivity contribution in [2.45, 2.75) is 19.4 Å². The summed E-state index contributed by atoms with van der Waals surface area (Å²) in [6.07, 6.45) is 1.64. The number of hydrogen-bond acceptors (Lipinski definition) is 6. The zero-order valence-corrected chi connectivity index (χ0v) is 14.0. The molecule has 10 heteroatoms. The molecule has 0 saturated carbocycles. The van der Waals surface area contributed by atoms with Crippen LogP contribution < -0.4 is 10.6 Å². The Bertz CT molecular complexity index is 751. The van der Waals surface area contributed by atoms with Crippen LogP contribution in [-0.4, -0.2) is 57.9 Å². The van der Waals surface area contributed by atoms with Gasteiger partial charge in [0.05, 0.1) is 0 Å². The van der Waals surface area contributed by atoms with Gasteiger partial charge in [0, 0.05) is 13.2 Å². The van der Waals surface area contributed by atoms with Gasteiger partial charge in [0.25, 0.3) is 17.7 Å². The maximum absolute atomic E-state index is 11.9. The lowest BCUT2D eigenvalue weighted by molar-refractivity contribution is -0.150. The van der Waals surface area contributed by atoms with Crippen LogP contribution in [0.2, 0.25) is 0 Å². The first-order chi connectivity index (χ1) is 11.6. The number of nitrogens with zero attached hydrogens (tertiary/aromatic N) is 2. The van der Waals surface area contributed by atoms with Crippen molar-refractivity contribution < 1.29 is 28.7 Å². The minimum absolute atomic E-state index is 0.265. The average Bonchev–Trinajstić information content (AvgIpc) is 3.02. The molecule has 0 spiro atoms. The molecule has 2 heterocycles. The van der Waals surface area contributed by atoms with Gasteiger partial charge in [-0.2, -0.15) is 0 Å². The lowest BCUT2D eigenvalue weighted by Gasteiger charge is -2.15. The largest absolute Gasteiger partial charge is 0.454 e. The molecule has 1 fully saturated rings. The minimum Gasteiger partial charge on any atom is -0.454 e. The molecule has 2 rings (SSSR count). The molecule has 2 N–H and O–H groups in total. The third-order valence-corrected chi connectivity index (χ3v) is 3.53. The number of nitrogens with one attached hydrogen (secondary N) is 2. The van der Waals surface area contributed by atoms with Crippen LogP contribution in [-0.2, 0) is 26.2 Å². The van der Waals surface area contributed by atoms with Gasteiger partial charge in [-0.1, -0.05) is 0 Å². The second-order valence-corrected chi connectivity index (χ2v) is 5.99. The molecular weight excluding hydrogens is 332 g/mol. The summed E-state index contributed by atoms with van der Waals surface area (Å²) in [5.41, 5.74) is -0.836. The highest BCUT2D eigenvalue weighted by Crippen LogP contribution is 2.16. The van der Waals surface area contributed by atoms with Crippen LogP contribution in [0.25, 0.3) is 0 Å². The van der Waals surface area contributed by atoms with Crippen molar-refractivity contribution in [2.75, 3.05) is 13.2 Å². The number of carbonyl (C=O) groups excluding carboxylic acids is 5. The normalized spacial score (nSPS) is 15.7. The molecule has 0 aliphatic carbocycles. The van der Waals surface area contributed by atoms with E-state index in [1.165, 1.54) is 24.5 Å². The van der Waals surface area contributed by atoms with Gasteiger partial charge >= 0.3 is 12.0 Å². The number of ether oxygens (including phenoxy) is 1. The highest BCUT2D eigenvalue weighted by atomic mass is 16.5. The highest BCUT2D eigenvalue weighted by molar-refractivity contribution is 6.08. The van der Waals surface area contributed by atoms with Crippen molar-refractivity contribution in [1.29, 1.82) is 0 Å². The molecule has 1 aliphatic rings. The number of carbonyl (C=O) groups is 5. The summed E-state index contributed by atoms with van der Waals surface area (Å²) in [5, 5.41) is 4.48. The zero-order chi connectivity index (χ0) is 18.8. The van der Waals surface area contributed by atoms with E-state index >= 15 is 0 Å². The summed E-state index contributed by atoms with van der Waals surface area (Å²) in [5.74, 6) is -2.97. The Morgan fingerprint density at radius 3 is 2.48 bits per heavy atom. The minimum atomic E-state index is -1.10. The van der Waals surface area contributed by atoms with Crippen molar-refractivity contribution in [3.63, 3.8) is 0 Å². The fourth-order valence-electron chi connectivity index (χ4n) is 2.21. The van der Waals surface area contributed by atoms with E-state index in [-0.39, 0.29) is 5.69 Å². The predicted molar refractivity (Wildman–Crippen MR) is 83.2 cm³/mol. The summed E-state index contributed by atoms with van der Waals surface area (Å²) < 4.78 is 6.22. The quantitative estimate of drug-likeness (QED) is 0.526. The Kier molecular flexibility index (Phi) is 4.91. The number of rotatable bonds is 5. The van der Waals surface area contributed by atoms with Crippen LogP contribution in [0.15, 0.2) is 18.3 Å². The van der Waals surface area contributed by atoms with E-state index in [0.717, 1.165) is 0 Å². The molecule has 25 heavy (non-hydrogen) atoms. The second-order valence-electron chi connectivity index (χ2n) is 5.99. The van der Waals surface area contributed by atoms with Gasteiger partial charge in [-0.25, -0.2) is 4.79 Å². The first-order valence-electron chi connectivity index (χ1n) is 7.37. The number of aryl methyl sites for hydroxylation is 1. The SMILES string of the molecule is Cn1cccc1C(=O)NC(=O)COC(=O)CN1C(=O)NC(C)(C)C1=O. The number of urea groups is 1. The monoisotopic (exact) mass is 350 g/mol. The van der Waals surface area contributed by atoms with Gasteiger partial charge in [0.15, 0.2) is 6.61 Å². The van der Waals surface area contributed by atoms with Gasteiger partial charge in [-0.05, 0) is 26.0 Å². The van der Waals surface area contributed by atoms with Crippen molar-refractivity contribution in [1.82, 2.24) is 20.1 Å². The molecular formula is C15H18N4O6. The summed E-state index contributed by atoms with van der Waals surface area (Å²) in [6, 6.07) is 2.45. The maximum atomic E-state index is 11.9. The lowest BCUT2D eigenvalue weighted by Crippen LogP contribution is -2.41. The predicted octanol–water partition coefficient (Wildman–Crippen LogP) is -0.845. The summed E-state index contributed by atoms with van der Waals surface area (Å²) >= 11 is 0. The highest BCUT2D eigenvalue weighted by Gasteiger charge is 2.45. The summed E-state index contributed by atoms with van der Waals surface area (Å²) in [7, 11) is 1.64. The van der Waals surface area contributed by atoms with Crippen LogP contribution in [0.5, 0.6) is 0 Å². The molecule has 10 nitrogen and oxygen atoms in total. The Morgan fingerprint density at radius 2 is 1.96 bits per heavy atom. The second kappa shape index (κ2) is 6.75. The Hall–Kier alpha value is -3.17. The van der Waals surface area contributed by atoms with Crippen molar-refractivity contribution in [3.05, 3.63) is 24.0 Å². The van der Waals surface area contributed by atoms with E-state index in [9.17, 15) is 24.0 Å². The molecule has 0 radical (unpaired) electrons. The number of aromatic nitrogens is 1. The van der Waals surface area contributed by atoms with E-state index in [0.29, 0.717) is 4.90 Å². The van der Waals surface area contributed by atoms with Crippen LogP contribution in [0.3, 0.4) is 0 Å². The fourth-order valence-corrected chi connectivity index (χ4v) is 2.21. The van der Waals surface area contributed by atoms with Gasteiger partial charge in [-0.3, -0.25) is 29.4 Å². The summed E-state index contributed by atoms with van der Waals surface area (Å²) in [6.45, 7) is 1.68. The van der Waals surface area contributed by atoms with Crippen LogP contribution in [0, 0.1) is 0 Å². The topological polar surface area (TPSA) is 127 Å². The molecule has 0 atom stereocenters. The smallest absolute Gasteiger partial charge is 0.326 e. The Labute approximate surface area is 143 Å². The maximum Gasteiger partial charge on any atom is 0.326 e. The molecule has 134 valence electrons. The van der Waals surface area contributed by atoms with Gasteiger partial charge in [0.1, 0.15) is 17.8 Å². The average molecular weight is 350 g/mol. The van der Waals surface area contributed by atoms with Crippen molar-refractivity contribution in [2.24, 2.45) is 7.05 Å². The standard InChI is InChI=1S/C15H18N4O6/c1-15(2)13(23)19(14(24)17-15)7-11(21)25-8-10(20)16-12(22)9-5-4-6-18(9)3/h4-6H,7-8H2,1-3H3,(H,17,24)(H,16,20,22). The lowest BCUT2D eigenvalue weighted by atomic mass is 10.1. The number of hydrogen-bond donors (Lipinski definition) is 2. The molecule has 0 bridgehead atoms. The molecule has 1 aromatic heterocycles. The van der Waals surface area contributed by atoms with E-state index in [2.05, 4.69) is 10.6 Å². The molecule has 0 unspecified atom stereocenters. The summed E-state index contributed by atoms with van der Waals surface area (Å²) in [4.78, 5) is 59.5. The Morgan fingerprint density at radius 1 is 1.28 bits per heavy atom. The first kappa shape index (κ1) is 18.2. The third-order valence-electron chi connectivity index (χ3n) is 3.53. The van der Waals surface area contributed by atoms with Gasteiger partial charge in [-0.15, -0.1) is 0 Å². The number of imide groups is 2. The third kappa shape index (κ3) is 4.03. The van der Waals surface area contributed by atoms with E-state index in [1.807, 2.05) is 0 Å². The van der Waals surface area contributed by atoms with Gasteiger partial charge < -0.3 is 14.6 Å². The van der Waals surface area contributed by atoms with E-state index in [1.54, 1.807) is 19.3 Å². The first-order valence-corrected chi connectivity index (χ1v) is 7.37. The fraction of sp³-hybridized carbons (Fsp3) is 0.400. The van der Waals surface area contributed by atoms with Crippen LogP contribution in [0.1, 0.15) is 24.3 Å². The Balaban J connectivity index is 1.81. The molecule has 0 aromatic carbocycles. The van der Waals surface area contributed by atoms with Crippen LogP contribution >= 0.6 is 0 Å². The number of amides is 5. The molecule has 1 saturated heterocycles.